The molecule has 0 saturated heterocycles. The van der Waals surface area contributed by atoms with E-state index in [9.17, 15) is 18.0 Å². The van der Waals surface area contributed by atoms with E-state index in [2.05, 4.69) is 0 Å². The molecule has 0 aliphatic heterocycles. The number of carbonyl (C=O) groups excluding carboxylic acids is 1. The third kappa shape index (κ3) is 5.06. The largest absolute Gasteiger partial charge is 0.480 e. The Labute approximate surface area is 148 Å². The third-order valence-corrected chi connectivity index (χ3v) is 5.22. The molecule has 0 aliphatic rings. The zero-order valence-electron chi connectivity index (χ0n) is 13.1. The van der Waals surface area contributed by atoms with Crippen molar-refractivity contribution in [1.29, 1.82) is 0 Å². The van der Waals surface area contributed by atoms with Gasteiger partial charge in [0.2, 0.25) is 0 Å². The van der Waals surface area contributed by atoms with E-state index in [1.54, 1.807) is 32.9 Å². The predicted molar refractivity (Wildman–Crippen MR) is 91.5 cm³/mol. The first kappa shape index (κ1) is 19.7. The molecular formula is C14H18INO6S. The fourth-order valence-electron chi connectivity index (χ4n) is 1.59. The van der Waals surface area contributed by atoms with Gasteiger partial charge in [-0.05, 0) is 74.6 Å². The average Bonchev–Trinajstić information content (AvgIpc) is 2.36. The van der Waals surface area contributed by atoms with Gasteiger partial charge in [0.05, 0.1) is 4.90 Å². The number of aliphatic carboxylic acids is 1. The lowest BCUT2D eigenvalue weighted by Crippen LogP contribution is -2.48. The summed E-state index contributed by atoms with van der Waals surface area (Å²) < 4.78 is 31.5. The second kappa shape index (κ2) is 7.04. The van der Waals surface area contributed by atoms with Crippen LogP contribution in [0.15, 0.2) is 29.2 Å². The van der Waals surface area contributed by atoms with Gasteiger partial charge in [-0.15, -0.1) is 0 Å². The number of carbonyl (C=O) groups is 2. The van der Waals surface area contributed by atoms with Crippen LogP contribution in [0.1, 0.15) is 27.7 Å². The summed E-state index contributed by atoms with van der Waals surface area (Å²) in [5.74, 6) is -1.45. The number of sulfonamides is 1. The van der Waals surface area contributed by atoms with Gasteiger partial charge < -0.3 is 9.84 Å². The summed E-state index contributed by atoms with van der Waals surface area (Å²) in [4.78, 5) is 23.3. The van der Waals surface area contributed by atoms with E-state index in [0.29, 0.717) is 0 Å². The van der Waals surface area contributed by atoms with E-state index in [-0.39, 0.29) is 9.20 Å². The lowest BCUT2D eigenvalue weighted by Gasteiger charge is -2.29. The molecule has 1 atom stereocenters. The minimum Gasteiger partial charge on any atom is -0.480 e. The first-order valence-corrected chi connectivity index (χ1v) is 9.14. The molecule has 0 spiro atoms. The lowest BCUT2D eigenvalue weighted by molar-refractivity contribution is -0.140. The summed E-state index contributed by atoms with van der Waals surface area (Å²) >= 11 is 2.00. The Morgan fingerprint density at radius 2 is 1.70 bits per heavy atom. The van der Waals surface area contributed by atoms with Gasteiger partial charge in [0.25, 0.3) is 10.0 Å². The molecule has 0 aliphatic carbocycles. The van der Waals surface area contributed by atoms with E-state index >= 15 is 0 Å². The Balaban J connectivity index is 3.36. The Kier molecular flexibility index (Phi) is 6.02. The van der Waals surface area contributed by atoms with Crippen LogP contribution in [-0.4, -0.2) is 41.5 Å². The van der Waals surface area contributed by atoms with Crippen LogP contribution >= 0.6 is 22.6 Å². The number of carboxylic acid groups (broad SMARTS) is 1. The van der Waals surface area contributed by atoms with Gasteiger partial charge >= 0.3 is 12.1 Å². The molecule has 1 N–H and O–H groups in total. The topological polar surface area (TPSA) is 101 Å². The second-order valence-corrected chi connectivity index (χ2v) is 8.81. The van der Waals surface area contributed by atoms with Crippen molar-refractivity contribution in [3.63, 3.8) is 0 Å². The van der Waals surface area contributed by atoms with Gasteiger partial charge in [0, 0.05) is 3.57 Å². The molecular weight excluding hydrogens is 437 g/mol. The molecule has 128 valence electrons. The number of rotatable bonds is 4. The Hall–Kier alpha value is -1.36. The molecule has 23 heavy (non-hydrogen) atoms. The maximum atomic E-state index is 12.7. The summed E-state index contributed by atoms with van der Waals surface area (Å²) in [6.45, 7) is 5.79. The Morgan fingerprint density at radius 3 is 2.09 bits per heavy atom. The van der Waals surface area contributed by atoms with E-state index in [1.165, 1.54) is 12.1 Å². The van der Waals surface area contributed by atoms with E-state index in [1.807, 2.05) is 22.6 Å². The number of benzene rings is 1. The SMILES string of the molecule is C[C@H](C(=O)O)N(C(=O)OC(C)(C)C)S(=O)(=O)c1ccc(I)cc1. The van der Waals surface area contributed by atoms with Gasteiger partial charge in [-0.1, -0.05) is 0 Å². The van der Waals surface area contributed by atoms with Crippen molar-refractivity contribution in [2.24, 2.45) is 0 Å². The fraction of sp³-hybridized carbons (Fsp3) is 0.429. The van der Waals surface area contributed by atoms with Crippen molar-refractivity contribution in [2.45, 2.75) is 44.2 Å². The predicted octanol–water partition coefficient (Wildman–Crippen LogP) is 2.69. The number of nitrogens with zero attached hydrogens (tertiary/aromatic N) is 1. The molecule has 0 unspecified atom stereocenters. The highest BCUT2D eigenvalue weighted by Crippen LogP contribution is 2.22. The van der Waals surface area contributed by atoms with Crippen LogP contribution in [0.3, 0.4) is 0 Å². The molecule has 0 heterocycles. The fourth-order valence-corrected chi connectivity index (χ4v) is 3.40. The number of halogens is 1. The van der Waals surface area contributed by atoms with E-state index in [0.717, 1.165) is 10.5 Å². The minimum atomic E-state index is -4.36. The van der Waals surface area contributed by atoms with E-state index in [4.69, 9.17) is 9.84 Å². The molecule has 0 aromatic heterocycles. The molecule has 0 bridgehead atoms. The van der Waals surface area contributed by atoms with Gasteiger partial charge in [0.15, 0.2) is 0 Å². The first-order chi connectivity index (χ1) is 10.4. The number of hydrogen-bond acceptors (Lipinski definition) is 5. The van der Waals surface area contributed by atoms with Gasteiger partial charge in [-0.3, -0.25) is 0 Å². The van der Waals surface area contributed by atoms with Gasteiger partial charge in [-0.2, -0.15) is 4.31 Å². The van der Waals surface area contributed by atoms with Gasteiger partial charge in [-0.25, -0.2) is 18.0 Å². The minimum absolute atomic E-state index is 0.183. The number of ether oxygens (including phenoxy) is 1. The Bertz CT molecular complexity index is 693. The molecule has 1 rings (SSSR count). The number of amides is 1. The van der Waals surface area contributed by atoms with Crippen LogP contribution in [-0.2, 0) is 19.6 Å². The monoisotopic (exact) mass is 455 g/mol. The first-order valence-electron chi connectivity index (χ1n) is 6.62. The average molecular weight is 455 g/mol. The maximum absolute atomic E-state index is 12.7. The highest BCUT2D eigenvalue weighted by Gasteiger charge is 2.39. The van der Waals surface area contributed by atoms with Crippen molar-refractivity contribution >= 4 is 44.7 Å². The summed E-state index contributed by atoms with van der Waals surface area (Å²) in [6, 6.07) is 4.11. The smallest absolute Gasteiger partial charge is 0.425 e. The zero-order chi connectivity index (χ0) is 18.0. The summed E-state index contributed by atoms with van der Waals surface area (Å²) in [6.07, 6.45) is -1.23. The van der Waals surface area contributed by atoms with Crippen molar-refractivity contribution in [1.82, 2.24) is 4.31 Å². The highest BCUT2D eigenvalue weighted by atomic mass is 127. The third-order valence-electron chi connectivity index (χ3n) is 2.65. The second-order valence-electron chi connectivity index (χ2n) is 5.75. The molecule has 1 amide bonds. The van der Waals surface area contributed by atoms with E-state index < -0.39 is 33.7 Å². The van der Waals surface area contributed by atoms with Crippen molar-refractivity contribution in [3.8, 4) is 0 Å². The van der Waals surface area contributed by atoms with Crippen LogP contribution in [0.5, 0.6) is 0 Å². The van der Waals surface area contributed by atoms with Crippen LogP contribution in [0.2, 0.25) is 0 Å². The summed E-state index contributed by atoms with van der Waals surface area (Å²) in [5, 5.41) is 9.14. The molecule has 1 aromatic carbocycles. The van der Waals surface area contributed by atoms with Crippen LogP contribution < -0.4 is 0 Å². The summed E-state index contributed by atoms with van der Waals surface area (Å²) in [5.41, 5.74) is -0.963. The molecule has 7 nitrogen and oxygen atoms in total. The van der Waals surface area contributed by atoms with Crippen LogP contribution in [0.4, 0.5) is 4.79 Å². The quantitative estimate of drug-likeness (QED) is 0.701. The van der Waals surface area contributed by atoms with Crippen molar-refractivity contribution in [3.05, 3.63) is 27.8 Å². The molecule has 0 radical (unpaired) electrons. The van der Waals surface area contributed by atoms with Crippen molar-refractivity contribution < 1.29 is 27.9 Å². The highest BCUT2D eigenvalue weighted by molar-refractivity contribution is 14.1. The summed E-state index contributed by atoms with van der Waals surface area (Å²) in [7, 11) is -4.36. The standard InChI is InChI=1S/C14H18INO6S/c1-9(12(17)18)16(13(19)22-14(2,3)4)23(20,21)11-7-5-10(15)6-8-11/h5-9H,1-4H3,(H,17,18)/t9-/m1/s1. The molecule has 1 aromatic rings. The molecule has 9 heteroatoms. The maximum Gasteiger partial charge on any atom is 0.425 e. The lowest BCUT2D eigenvalue weighted by atomic mass is 10.2. The molecule has 0 fully saturated rings. The normalized spacial score (nSPS) is 13.3. The number of hydrogen-bond donors (Lipinski definition) is 1. The molecule has 0 saturated carbocycles. The number of carboxylic acids is 1. The van der Waals surface area contributed by atoms with Crippen LogP contribution in [0.25, 0.3) is 0 Å². The zero-order valence-corrected chi connectivity index (χ0v) is 16.1. The Morgan fingerprint density at radius 1 is 1.22 bits per heavy atom. The van der Waals surface area contributed by atoms with Crippen molar-refractivity contribution in [2.75, 3.05) is 0 Å². The van der Waals surface area contributed by atoms with Crippen LogP contribution in [0, 0.1) is 3.57 Å². The van der Waals surface area contributed by atoms with Gasteiger partial charge in [0.1, 0.15) is 11.6 Å².